The molecule has 0 N–H and O–H groups in total. The van der Waals surface area contributed by atoms with E-state index in [0.29, 0.717) is 48.2 Å². The average Bonchev–Trinajstić information content (AvgIpc) is 3.46. The van der Waals surface area contributed by atoms with Crippen LogP contribution in [0.5, 0.6) is 0 Å². The fraction of sp³-hybridized carbons (Fsp3) is 0.478. The van der Waals surface area contributed by atoms with Crippen LogP contribution in [0.4, 0.5) is 13.2 Å². The zero-order valence-electron chi connectivity index (χ0n) is 19.5. The summed E-state index contributed by atoms with van der Waals surface area (Å²) in [4.78, 5) is 8.40. The van der Waals surface area contributed by atoms with Crippen molar-refractivity contribution < 1.29 is 26.3 Å². The van der Waals surface area contributed by atoms with Gasteiger partial charge in [-0.1, -0.05) is 31.7 Å². The molecule has 0 aliphatic carbocycles. The van der Waals surface area contributed by atoms with Crippen molar-refractivity contribution >= 4 is 32.8 Å². The molecule has 0 amide bonds. The largest absolute Gasteiger partial charge is 0.433 e. The van der Waals surface area contributed by atoms with E-state index in [2.05, 4.69) is 4.98 Å². The summed E-state index contributed by atoms with van der Waals surface area (Å²) in [7, 11) is -3.64. The second kappa shape index (κ2) is 10.5. The van der Waals surface area contributed by atoms with Crippen LogP contribution in [0.1, 0.15) is 37.9 Å². The van der Waals surface area contributed by atoms with Crippen LogP contribution in [0.15, 0.2) is 46.6 Å². The summed E-state index contributed by atoms with van der Waals surface area (Å²) in [6.07, 6.45) is -1.34. The molecule has 4 rings (SSSR count). The molecule has 0 spiro atoms. The number of hydrogen-bond acceptors (Lipinski definition) is 6. The number of hydrogen-bond donors (Lipinski definition) is 0. The van der Waals surface area contributed by atoms with Crippen LogP contribution in [0, 0.1) is 0 Å². The first-order valence-electron chi connectivity index (χ1n) is 11.4. The van der Waals surface area contributed by atoms with E-state index in [0.717, 1.165) is 24.4 Å². The highest BCUT2D eigenvalue weighted by atomic mass is 32.2. The van der Waals surface area contributed by atoms with Crippen LogP contribution in [0.3, 0.4) is 0 Å². The maximum absolute atomic E-state index is 13.0. The number of halogens is 3. The Morgan fingerprint density at radius 3 is 2.57 bits per heavy atom. The van der Waals surface area contributed by atoms with Gasteiger partial charge in [-0.05, 0) is 42.7 Å². The normalized spacial score (nSPS) is 17.0. The van der Waals surface area contributed by atoms with Gasteiger partial charge in [-0.25, -0.2) is 13.4 Å². The van der Waals surface area contributed by atoms with Crippen molar-refractivity contribution in [2.75, 3.05) is 19.7 Å². The Bertz CT molecular complexity index is 1270. The second-order valence-electron chi connectivity index (χ2n) is 8.22. The van der Waals surface area contributed by atoms with Crippen molar-refractivity contribution in [3.8, 4) is 0 Å². The fourth-order valence-electron chi connectivity index (χ4n) is 4.06. The van der Waals surface area contributed by atoms with Crippen LogP contribution in [0.2, 0.25) is 0 Å². The summed E-state index contributed by atoms with van der Waals surface area (Å²) in [6, 6.07) is 7.31. The number of sulfonamides is 1. The minimum absolute atomic E-state index is 0.0265. The van der Waals surface area contributed by atoms with Crippen molar-refractivity contribution in [2.24, 2.45) is 0 Å². The minimum Gasteiger partial charge on any atom is -0.376 e. The molecule has 12 heteroatoms. The number of nitrogens with zero attached hydrogens (tertiary/aromatic N) is 4. The highest BCUT2D eigenvalue weighted by molar-refractivity contribution is 7.98. The molecule has 1 aliphatic heterocycles. The third kappa shape index (κ3) is 5.65. The first-order valence-corrected chi connectivity index (χ1v) is 13.8. The number of imidazole rings is 1. The van der Waals surface area contributed by atoms with E-state index in [4.69, 9.17) is 9.72 Å². The van der Waals surface area contributed by atoms with Crippen molar-refractivity contribution in [1.29, 1.82) is 0 Å². The Morgan fingerprint density at radius 2 is 1.97 bits per heavy atom. The van der Waals surface area contributed by atoms with E-state index in [-0.39, 0.29) is 11.0 Å². The number of fused-ring (bicyclic) bond motifs is 1. The monoisotopic (exact) mass is 528 g/mol. The van der Waals surface area contributed by atoms with Gasteiger partial charge >= 0.3 is 6.18 Å². The van der Waals surface area contributed by atoms with Gasteiger partial charge in [0, 0.05) is 31.6 Å². The molecule has 0 radical (unpaired) electrons. The summed E-state index contributed by atoms with van der Waals surface area (Å²) in [6.45, 7) is 5.58. The number of ether oxygens (including phenoxy) is 1. The molecular formula is C23H27F3N4O3S2. The number of benzene rings is 1. The van der Waals surface area contributed by atoms with Gasteiger partial charge in [0.05, 0.1) is 28.6 Å². The molecule has 7 nitrogen and oxygen atoms in total. The molecule has 1 unspecified atom stereocenters. The number of pyridine rings is 1. The predicted molar refractivity (Wildman–Crippen MR) is 128 cm³/mol. The van der Waals surface area contributed by atoms with Crippen molar-refractivity contribution in [3.05, 3.63) is 47.8 Å². The zero-order valence-corrected chi connectivity index (χ0v) is 21.1. The van der Waals surface area contributed by atoms with Crippen molar-refractivity contribution in [1.82, 2.24) is 18.8 Å². The Balaban J connectivity index is 1.65. The SMILES string of the molecule is CCN(CC)S(=O)(=O)c1ccc2c(c1)nc(SCc1ccc(C(F)(F)F)nc1)n2CC1CCCO1. The standard InChI is InChI=1S/C23H27F3N4O3S2/c1-3-29(4-2)35(31,32)18-8-9-20-19(12-18)28-22(30(20)14-17-6-5-11-33-17)34-15-16-7-10-21(27-13-16)23(24,25)26/h7-10,12-13,17H,3-6,11,14-15H2,1-2H3. The molecule has 190 valence electrons. The topological polar surface area (TPSA) is 77.3 Å². The van der Waals surface area contributed by atoms with E-state index in [1.165, 1.54) is 28.3 Å². The molecule has 1 fully saturated rings. The van der Waals surface area contributed by atoms with Gasteiger partial charge in [-0.15, -0.1) is 0 Å². The molecule has 1 atom stereocenters. The van der Waals surface area contributed by atoms with E-state index in [1.54, 1.807) is 32.0 Å². The van der Waals surface area contributed by atoms with Gasteiger partial charge in [0.1, 0.15) is 5.69 Å². The van der Waals surface area contributed by atoms with Crippen LogP contribution in [-0.2, 0) is 33.2 Å². The predicted octanol–water partition coefficient (Wildman–Crippen LogP) is 4.95. The van der Waals surface area contributed by atoms with E-state index in [1.807, 2.05) is 4.57 Å². The van der Waals surface area contributed by atoms with Gasteiger partial charge in [0.15, 0.2) is 5.16 Å². The average molecular weight is 529 g/mol. The molecule has 0 bridgehead atoms. The lowest BCUT2D eigenvalue weighted by Crippen LogP contribution is -2.30. The highest BCUT2D eigenvalue weighted by Gasteiger charge is 2.32. The zero-order chi connectivity index (χ0) is 25.2. The maximum Gasteiger partial charge on any atom is 0.433 e. The number of alkyl halides is 3. The van der Waals surface area contributed by atoms with Gasteiger partial charge in [-0.2, -0.15) is 17.5 Å². The first kappa shape index (κ1) is 25.9. The lowest BCUT2D eigenvalue weighted by molar-refractivity contribution is -0.141. The molecule has 0 saturated carbocycles. The van der Waals surface area contributed by atoms with Gasteiger partial charge in [0.2, 0.25) is 10.0 Å². The van der Waals surface area contributed by atoms with E-state index >= 15 is 0 Å². The number of aromatic nitrogens is 3. The smallest absolute Gasteiger partial charge is 0.376 e. The summed E-state index contributed by atoms with van der Waals surface area (Å²) in [5, 5.41) is 0.646. The van der Waals surface area contributed by atoms with Crippen molar-refractivity contribution in [3.63, 3.8) is 0 Å². The lowest BCUT2D eigenvalue weighted by Gasteiger charge is -2.18. The molecule has 1 aliphatic rings. The summed E-state index contributed by atoms with van der Waals surface area (Å²) < 4.78 is 73.6. The Labute approximate surface area is 206 Å². The van der Waals surface area contributed by atoms with Crippen LogP contribution >= 0.6 is 11.8 Å². The number of thioether (sulfide) groups is 1. The quantitative estimate of drug-likeness (QED) is 0.366. The molecule has 3 heterocycles. The van der Waals surface area contributed by atoms with Gasteiger partial charge in [0.25, 0.3) is 0 Å². The first-order chi connectivity index (χ1) is 16.6. The van der Waals surface area contributed by atoms with E-state index < -0.39 is 21.9 Å². The molecule has 3 aromatic rings. The number of rotatable bonds is 9. The summed E-state index contributed by atoms with van der Waals surface area (Å²) in [5.74, 6) is 0.366. The van der Waals surface area contributed by atoms with Gasteiger partial charge in [-0.3, -0.25) is 4.98 Å². The van der Waals surface area contributed by atoms with Crippen LogP contribution in [-0.4, -0.2) is 53.1 Å². The van der Waals surface area contributed by atoms with Crippen LogP contribution in [0.25, 0.3) is 11.0 Å². The summed E-state index contributed by atoms with van der Waals surface area (Å²) >= 11 is 1.37. The Hall–Kier alpha value is -2.15. The minimum atomic E-state index is -4.48. The molecule has 1 saturated heterocycles. The fourth-order valence-corrected chi connectivity index (χ4v) is 6.50. The van der Waals surface area contributed by atoms with E-state index in [9.17, 15) is 21.6 Å². The van der Waals surface area contributed by atoms with Crippen LogP contribution < -0.4 is 0 Å². The Kier molecular flexibility index (Phi) is 7.74. The third-order valence-electron chi connectivity index (χ3n) is 5.92. The molecular weight excluding hydrogens is 501 g/mol. The van der Waals surface area contributed by atoms with Gasteiger partial charge < -0.3 is 9.30 Å². The second-order valence-corrected chi connectivity index (χ2v) is 11.1. The van der Waals surface area contributed by atoms with Crippen molar-refractivity contribution in [2.45, 2.75) is 61.3 Å². The lowest BCUT2D eigenvalue weighted by atomic mass is 10.2. The molecule has 2 aromatic heterocycles. The Morgan fingerprint density at radius 1 is 1.20 bits per heavy atom. The molecule has 35 heavy (non-hydrogen) atoms. The maximum atomic E-state index is 13.0. The third-order valence-corrected chi connectivity index (χ3v) is 9.01. The highest BCUT2D eigenvalue weighted by Crippen LogP contribution is 2.32. The summed E-state index contributed by atoms with van der Waals surface area (Å²) in [5.41, 5.74) is 1.03. The molecule has 1 aromatic carbocycles.